The van der Waals surface area contributed by atoms with Gasteiger partial charge in [0.15, 0.2) is 0 Å². The van der Waals surface area contributed by atoms with Gasteiger partial charge in [-0.25, -0.2) is 0 Å². The van der Waals surface area contributed by atoms with Gasteiger partial charge in [0.2, 0.25) is 0 Å². The Morgan fingerprint density at radius 2 is 0.846 bits per heavy atom. The van der Waals surface area contributed by atoms with Crippen LogP contribution in [0.15, 0.2) is 97.6 Å². The van der Waals surface area contributed by atoms with Gasteiger partial charge in [-0.3, -0.25) is 9.97 Å². The number of pyridine rings is 2. The van der Waals surface area contributed by atoms with E-state index in [1.165, 1.54) is 33.4 Å². The predicted octanol–water partition coefficient (Wildman–Crippen LogP) is 5.46. The Bertz CT molecular complexity index is 1020. The van der Waals surface area contributed by atoms with Crippen molar-refractivity contribution in [2.75, 3.05) is 0 Å². The molecule has 1 aliphatic carbocycles. The molecule has 0 fully saturated rings. The Morgan fingerprint density at radius 3 is 1.27 bits per heavy atom. The third kappa shape index (κ3) is 2.27. The van der Waals surface area contributed by atoms with Crippen LogP contribution in [0.2, 0.25) is 0 Å². The van der Waals surface area contributed by atoms with Crippen LogP contribution >= 0.6 is 0 Å². The van der Waals surface area contributed by atoms with Crippen LogP contribution in [0.1, 0.15) is 22.3 Å². The number of rotatable bonds is 2. The zero-order chi connectivity index (χ0) is 17.3. The van der Waals surface area contributed by atoms with Crippen LogP contribution in [0, 0.1) is 0 Å². The minimum Gasteiger partial charge on any atom is -0.265 e. The van der Waals surface area contributed by atoms with Crippen molar-refractivity contribution in [2.24, 2.45) is 0 Å². The van der Waals surface area contributed by atoms with E-state index in [4.69, 9.17) is 0 Å². The fourth-order valence-electron chi connectivity index (χ4n) is 3.78. The molecular weight excluding hydrogens is 316 g/mol. The maximum Gasteiger partial charge on any atom is 0.0273 e. The van der Waals surface area contributed by atoms with Gasteiger partial charge in [0, 0.05) is 24.8 Å². The van der Waals surface area contributed by atoms with Crippen molar-refractivity contribution < 1.29 is 0 Å². The molecule has 0 bridgehead atoms. The number of aromatic nitrogens is 2. The van der Waals surface area contributed by atoms with Gasteiger partial charge in [0.1, 0.15) is 0 Å². The van der Waals surface area contributed by atoms with E-state index >= 15 is 0 Å². The maximum atomic E-state index is 4.20. The third-order valence-corrected chi connectivity index (χ3v) is 4.87. The first-order valence-corrected chi connectivity index (χ1v) is 8.68. The minimum absolute atomic E-state index is 1.16. The summed E-state index contributed by atoms with van der Waals surface area (Å²) >= 11 is 0. The van der Waals surface area contributed by atoms with Gasteiger partial charge >= 0.3 is 0 Å². The highest BCUT2D eigenvalue weighted by atomic mass is 14.6. The number of fused-ring (bicyclic) bond motifs is 3. The lowest BCUT2D eigenvalue weighted by atomic mass is 9.89. The standard InChI is InChI=1S/C24H16N2/c1-3-7-21-19(5-1)20-6-2-4-8-22(20)24(21)23(17-9-13-25-14-10-17)18-11-15-26-16-12-18/h1-16H. The van der Waals surface area contributed by atoms with E-state index in [0.29, 0.717) is 0 Å². The molecule has 1 aliphatic rings. The van der Waals surface area contributed by atoms with Gasteiger partial charge in [-0.1, -0.05) is 48.5 Å². The smallest absolute Gasteiger partial charge is 0.0273 e. The molecule has 2 aromatic heterocycles. The molecule has 0 unspecified atom stereocenters. The monoisotopic (exact) mass is 332 g/mol. The number of nitrogens with zero attached hydrogens (tertiary/aromatic N) is 2. The van der Waals surface area contributed by atoms with Crippen LogP contribution in [-0.2, 0) is 0 Å². The van der Waals surface area contributed by atoms with Crippen LogP contribution in [0.4, 0.5) is 0 Å². The number of hydrogen-bond donors (Lipinski definition) is 0. The minimum atomic E-state index is 1.16. The van der Waals surface area contributed by atoms with E-state index < -0.39 is 0 Å². The number of benzene rings is 2. The maximum absolute atomic E-state index is 4.20. The summed E-state index contributed by atoms with van der Waals surface area (Å²) in [7, 11) is 0. The molecule has 0 aliphatic heterocycles. The van der Waals surface area contributed by atoms with Gasteiger partial charge in [0.05, 0.1) is 0 Å². The molecular formula is C24H16N2. The molecule has 4 aromatic rings. The summed E-state index contributed by atoms with van der Waals surface area (Å²) in [5, 5.41) is 0. The Kier molecular flexibility index (Phi) is 3.46. The molecule has 0 N–H and O–H groups in total. The Morgan fingerprint density at radius 1 is 0.462 bits per heavy atom. The van der Waals surface area contributed by atoms with E-state index in [1.807, 2.05) is 24.8 Å². The Hall–Kier alpha value is -3.52. The van der Waals surface area contributed by atoms with Crippen LogP contribution in [-0.4, -0.2) is 9.97 Å². The molecule has 0 saturated carbocycles. The first-order chi connectivity index (χ1) is 12.9. The van der Waals surface area contributed by atoms with Crippen molar-refractivity contribution in [3.8, 4) is 11.1 Å². The Labute approximate surface area is 152 Å². The predicted molar refractivity (Wildman–Crippen MR) is 105 cm³/mol. The molecule has 0 atom stereocenters. The molecule has 122 valence electrons. The van der Waals surface area contributed by atoms with E-state index in [1.54, 1.807) is 0 Å². The molecule has 2 heterocycles. The van der Waals surface area contributed by atoms with Crippen molar-refractivity contribution in [3.05, 3.63) is 120 Å². The second kappa shape index (κ2) is 6.08. The zero-order valence-electron chi connectivity index (χ0n) is 14.1. The van der Waals surface area contributed by atoms with Crippen molar-refractivity contribution in [1.29, 1.82) is 0 Å². The summed E-state index contributed by atoms with van der Waals surface area (Å²) in [6.45, 7) is 0. The summed E-state index contributed by atoms with van der Waals surface area (Å²) in [5.74, 6) is 0. The van der Waals surface area contributed by atoms with Crippen LogP contribution in [0.5, 0.6) is 0 Å². The average molecular weight is 332 g/mol. The number of hydrogen-bond acceptors (Lipinski definition) is 2. The highest BCUT2D eigenvalue weighted by Gasteiger charge is 2.26. The van der Waals surface area contributed by atoms with Crippen LogP contribution in [0.3, 0.4) is 0 Å². The quantitative estimate of drug-likeness (QED) is 0.429. The normalized spacial score (nSPS) is 11.8. The van der Waals surface area contributed by atoms with Crippen molar-refractivity contribution in [2.45, 2.75) is 0 Å². The molecule has 5 rings (SSSR count). The van der Waals surface area contributed by atoms with Crippen molar-refractivity contribution in [3.63, 3.8) is 0 Å². The highest BCUT2D eigenvalue weighted by Crippen LogP contribution is 2.48. The third-order valence-electron chi connectivity index (χ3n) is 4.87. The molecule has 26 heavy (non-hydrogen) atoms. The van der Waals surface area contributed by atoms with Crippen LogP contribution in [0.25, 0.3) is 22.3 Å². The first kappa shape index (κ1) is 14.8. The zero-order valence-corrected chi connectivity index (χ0v) is 14.1. The van der Waals surface area contributed by atoms with E-state index in [2.05, 4.69) is 82.8 Å². The summed E-state index contributed by atoms with van der Waals surface area (Å²) in [6.07, 6.45) is 7.40. The molecule has 0 spiro atoms. The lowest BCUT2D eigenvalue weighted by molar-refractivity contribution is 1.30. The van der Waals surface area contributed by atoms with Gasteiger partial charge in [-0.05, 0) is 68.8 Å². The molecule has 2 nitrogen and oxygen atoms in total. The highest BCUT2D eigenvalue weighted by molar-refractivity contribution is 6.13. The second-order valence-corrected chi connectivity index (χ2v) is 6.31. The van der Waals surface area contributed by atoms with Gasteiger partial charge in [-0.15, -0.1) is 0 Å². The Balaban J connectivity index is 1.93. The lowest BCUT2D eigenvalue weighted by Crippen LogP contribution is -1.95. The average Bonchev–Trinajstić information content (AvgIpc) is 3.05. The summed E-state index contributed by atoms with van der Waals surface area (Å²) in [4.78, 5) is 8.40. The molecule has 0 saturated heterocycles. The van der Waals surface area contributed by atoms with Gasteiger partial charge < -0.3 is 0 Å². The van der Waals surface area contributed by atoms with Gasteiger partial charge in [-0.2, -0.15) is 0 Å². The summed E-state index contributed by atoms with van der Waals surface area (Å²) < 4.78 is 0. The van der Waals surface area contributed by atoms with E-state index in [0.717, 1.165) is 11.1 Å². The topological polar surface area (TPSA) is 25.8 Å². The van der Waals surface area contributed by atoms with Crippen molar-refractivity contribution >= 4 is 11.1 Å². The lowest BCUT2D eigenvalue weighted by Gasteiger charge is -2.14. The summed E-state index contributed by atoms with van der Waals surface area (Å²) in [6, 6.07) is 25.6. The largest absolute Gasteiger partial charge is 0.265 e. The summed E-state index contributed by atoms with van der Waals surface area (Å²) in [5.41, 5.74) is 9.94. The van der Waals surface area contributed by atoms with Gasteiger partial charge in [0.25, 0.3) is 0 Å². The molecule has 0 amide bonds. The molecule has 2 heteroatoms. The fraction of sp³-hybridized carbons (Fsp3) is 0. The first-order valence-electron chi connectivity index (χ1n) is 8.68. The van der Waals surface area contributed by atoms with E-state index in [9.17, 15) is 0 Å². The van der Waals surface area contributed by atoms with E-state index in [-0.39, 0.29) is 0 Å². The van der Waals surface area contributed by atoms with Crippen LogP contribution < -0.4 is 0 Å². The molecule has 0 radical (unpaired) electrons. The fourth-order valence-corrected chi connectivity index (χ4v) is 3.78. The SMILES string of the molecule is c1ccc2c(c1)C(=C(c1ccncc1)c1ccncc1)c1ccccc1-2. The second-order valence-electron chi connectivity index (χ2n) is 6.31. The molecule has 2 aromatic carbocycles. The van der Waals surface area contributed by atoms with Crippen molar-refractivity contribution in [1.82, 2.24) is 9.97 Å².